The summed E-state index contributed by atoms with van der Waals surface area (Å²) < 4.78 is 10.4. The van der Waals surface area contributed by atoms with Gasteiger partial charge in [0.2, 0.25) is 0 Å². The molecule has 0 spiro atoms. The van der Waals surface area contributed by atoms with Crippen molar-refractivity contribution in [3.8, 4) is 11.5 Å². The largest absolute Gasteiger partial charge is 0.496 e. The fourth-order valence-corrected chi connectivity index (χ4v) is 1.59. The molecular weight excluding hydrogens is 230 g/mol. The van der Waals surface area contributed by atoms with Crippen molar-refractivity contribution in [2.45, 2.75) is 6.92 Å². The zero-order chi connectivity index (χ0) is 12.3. The standard InChI is InChI=1S/C11H14ClNO3/c1-7-9(15-3)6-5-8(10(7)16-4)13(2)11(12)14/h5-6H,1-4H3. The summed E-state index contributed by atoms with van der Waals surface area (Å²) >= 11 is 5.42. The number of rotatable bonds is 3. The summed E-state index contributed by atoms with van der Waals surface area (Å²) in [5.41, 5.74) is 1.44. The van der Waals surface area contributed by atoms with Crippen LogP contribution in [0.3, 0.4) is 0 Å². The van der Waals surface area contributed by atoms with Gasteiger partial charge in [0, 0.05) is 12.6 Å². The fraction of sp³-hybridized carbons (Fsp3) is 0.364. The van der Waals surface area contributed by atoms with Gasteiger partial charge in [-0.3, -0.25) is 9.69 Å². The minimum atomic E-state index is -0.567. The minimum absolute atomic E-state index is 0.567. The number of ether oxygens (including phenoxy) is 2. The lowest BCUT2D eigenvalue weighted by Gasteiger charge is -2.19. The molecular formula is C11H14ClNO3. The second-order valence-electron chi connectivity index (χ2n) is 3.26. The average Bonchev–Trinajstić information content (AvgIpc) is 2.27. The number of halogens is 1. The number of amides is 1. The summed E-state index contributed by atoms with van der Waals surface area (Å²) in [4.78, 5) is 12.4. The summed E-state index contributed by atoms with van der Waals surface area (Å²) in [6.07, 6.45) is 0. The van der Waals surface area contributed by atoms with Gasteiger partial charge in [-0.05, 0) is 30.7 Å². The molecule has 0 bridgehead atoms. The molecule has 0 atom stereocenters. The number of carbonyl (C=O) groups excluding carboxylic acids is 1. The van der Waals surface area contributed by atoms with Crippen LogP contribution in [0.1, 0.15) is 5.56 Å². The van der Waals surface area contributed by atoms with Crippen LogP contribution in [0.25, 0.3) is 0 Å². The quantitative estimate of drug-likeness (QED) is 0.605. The summed E-state index contributed by atoms with van der Waals surface area (Å²) in [7, 11) is 4.70. The van der Waals surface area contributed by atoms with Gasteiger partial charge >= 0.3 is 5.37 Å². The van der Waals surface area contributed by atoms with Gasteiger partial charge in [0.25, 0.3) is 0 Å². The second-order valence-corrected chi connectivity index (χ2v) is 3.58. The lowest BCUT2D eigenvalue weighted by Crippen LogP contribution is -2.20. The number of nitrogens with zero attached hydrogens (tertiary/aromatic N) is 1. The number of methoxy groups -OCH3 is 2. The van der Waals surface area contributed by atoms with Crippen LogP contribution in [-0.2, 0) is 0 Å². The van der Waals surface area contributed by atoms with E-state index in [9.17, 15) is 4.79 Å². The molecule has 0 heterocycles. The van der Waals surface area contributed by atoms with Crippen molar-refractivity contribution in [3.05, 3.63) is 17.7 Å². The van der Waals surface area contributed by atoms with E-state index in [-0.39, 0.29) is 0 Å². The first kappa shape index (κ1) is 12.6. The van der Waals surface area contributed by atoms with Crippen LogP contribution >= 0.6 is 11.6 Å². The first-order valence-corrected chi connectivity index (χ1v) is 5.05. The summed E-state index contributed by atoms with van der Waals surface area (Å²) in [5.74, 6) is 1.28. The summed E-state index contributed by atoms with van der Waals surface area (Å²) in [6.45, 7) is 1.85. The molecule has 0 radical (unpaired) electrons. The van der Waals surface area contributed by atoms with Gasteiger partial charge in [-0.2, -0.15) is 0 Å². The van der Waals surface area contributed by atoms with Crippen LogP contribution in [0.5, 0.6) is 11.5 Å². The molecule has 1 rings (SSSR count). The molecule has 0 N–H and O–H groups in total. The number of carbonyl (C=O) groups is 1. The van der Waals surface area contributed by atoms with E-state index in [0.717, 1.165) is 5.56 Å². The molecule has 0 aliphatic carbocycles. The molecule has 5 heteroatoms. The summed E-state index contributed by atoms with van der Waals surface area (Å²) in [5, 5.41) is -0.567. The Kier molecular flexibility index (Phi) is 4.01. The van der Waals surface area contributed by atoms with E-state index >= 15 is 0 Å². The van der Waals surface area contributed by atoms with Crippen LogP contribution < -0.4 is 14.4 Å². The Morgan fingerprint density at radius 1 is 1.31 bits per heavy atom. The highest BCUT2D eigenvalue weighted by Gasteiger charge is 2.17. The van der Waals surface area contributed by atoms with E-state index in [2.05, 4.69) is 0 Å². The number of anilines is 1. The Labute approximate surface area is 99.7 Å². The Hall–Kier alpha value is -1.42. The van der Waals surface area contributed by atoms with E-state index < -0.39 is 5.37 Å². The Bertz CT molecular complexity index is 406. The molecule has 0 aromatic heterocycles. The predicted molar refractivity (Wildman–Crippen MR) is 63.9 cm³/mol. The Balaban J connectivity index is 3.31. The van der Waals surface area contributed by atoms with Gasteiger partial charge in [-0.1, -0.05) is 0 Å². The highest BCUT2D eigenvalue weighted by Crippen LogP contribution is 2.37. The molecule has 0 saturated carbocycles. The third-order valence-electron chi connectivity index (χ3n) is 2.38. The lowest BCUT2D eigenvalue weighted by atomic mass is 10.1. The molecule has 0 saturated heterocycles. The molecule has 1 aromatic carbocycles. The van der Waals surface area contributed by atoms with E-state index in [4.69, 9.17) is 21.1 Å². The zero-order valence-electron chi connectivity index (χ0n) is 9.70. The molecule has 4 nitrogen and oxygen atoms in total. The van der Waals surface area contributed by atoms with Crippen molar-refractivity contribution < 1.29 is 14.3 Å². The maximum atomic E-state index is 11.1. The van der Waals surface area contributed by atoms with Crippen molar-refractivity contribution in [2.24, 2.45) is 0 Å². The highest BCUT2D eigenvalue weighted by molar-refractivity contribution is 6.66. The van der Waals surface area contributed by atoms with Crippen molar-refractivity contribution in [3.63, 3.8) is 0 Å². The zero-order valence-corrected chi connectivity index (χ0v) is 10.5. The second kappa shape index (κ2) is 5.07. The molecule has 88 valence electrons. The van der Waals surface area contributed by atoms with Crippen LogP contribution in [0, 0.1) is 6.92 Å². The van der Waals surface area contributed by atoms with Crippen LogP contribution in [0.2, 0.25) is 0 Å². The van der Waals surface area contributed by atoms with E-state index in [0.29, 0.717) is 17.2 Å². The molecule has 0 unspecified atom stereocenters. The van der Waals surface area contributed by atoms with Crippen molar-refractivity contribution in [2.75, 3.05) is 26.2 Å². The van der Waals surface area contributed by atoms with E-state index in [1.54, 1.807) is 26.3 Å². The van der Waals surface area contributed by atoms with Crippen molar-refractivity contribution >= 4 is 22.7 Å². The lowest BCUT2D eigenvalue weighted by molar-refractivity contribution is 0.265. The topological polar surface area (TPSA) is 38.8 Å². The maximum absolute atomic E-state index is 11.1. The van der Waals surface area contributed by atoms with Gasteiger partial charge < -0.3 is 9.47 Å². The van der Waals surface area contributed by atoms with E-state index in [1.807, 2.05) is 6.92 Å². The predicted octanol–water partition coefficient (Wildman–Crippen LogP) is 2.81. The smallest absolute Gasteiger partial charge is 0.320 e. The van der Waals surface area contributed by atoms with Gasteiger partial charge in [0.05, 0.1) is 19.9 Å². The monoisotopic (exact) mass is 243 g/mol. The normalized spacial score (nSPS) is 9.81. The first-order chi connectivity index (χ1) is 7.52. The van der Waals surface area contributed by atoms with Crippen LogP contribution in [-0.4, -0.2) is 26.6 Å². The first-order valence-electron chi connectivity index (χ1n) is 4.67. The molecule has 16 heavy (non-hydrogen) atoms. The minimum Gasteiger partial charge on any atom is -0.496 e. The molecule has 0 fully saturated rings. The third kappa shape index (κ3) is 2.22. The van der Waals surface area contributed by atoms with Gasteiger partial charge in [0.15, 0.2) is 0 Å². The highest BCUT2D eigenvalue weighted by atomic mass is 35.5. The van der Waals surface area contributed by atoms with Gasteiger partial charge in [-0.25, -0.2) is 0 Å². The molecule has 0 aliphatic rings. The number of hydrogen-bond acceptors (Lipinski definition) is 3. The fourth-order valence-electron chi connectivity index (χ4n) is 1.50. The van der Waals surface area contributed by atoms with E-state index in [1.165, 1.54) is 12.0 Å². The van der Waals surface area contributed by atoms with Gasteiger partial charge in [0.1, 0.15) is 11.5 Å². The van der Waals surface area contributed by atoms with Crippen molar-refractivity contribution in [1.29, 1.82) is 0 Å². The van der Waals surface area contributed by atoms with Crippen LogP contribution in [0.4, 0.5) is 10.5 Å². The van der Waals surface area contributed by atoms with Gasteiger partial charge in [-0.15, -0.1) is 0 Å². The van der Waals surface area contributed by atoms with Crippen LogP contribution in [0.15, 0.2) is 12.1 Å². The number of hydrogen-bond donors (Lipinski definition) is 0. The molecule has 0 aliphatic heterocycles. The molecule has 1 amide bonds. The Morgan fingerprint density at radius 2 is 1.94 bits per heavy atom. The summed E-state index contributed by atoms with van der Waals surface area (Å²) in [6, 6.07) is 3.49. The van der Waals surface area contributed by atoms with Crippen molar-refractivity contribution in [1.82, 2.24) is 0 Å². The Morgan fingerprint density at radius 3 is 2.38 bits per heavy atom. The maximum Gasteiger partial charge on any atom is 0.320 e. The third-order valence-corrected chi connectivity index (χ3v) is 2.64. The number of benzene rings is 1. The SMILES string of the molecule is COc1ccc(N(C)C(=O)Cl)c(OC)c1C. The average molecular weight is 244 g/mol. The molecule has 1 aromatic rings.